The molecular formula is C20H22F2N4O3S. The number of hydrogen-bond donors (Lipinski definition) is 1. The number of halogens is 2. The molecule has 160 valence electrons. The van der Waals surface area contributed by atoms with Gasteiger partial charge >= 0.3 is 10.1 Å². The van der Waals surface area contributed by atoms with Crippen molar-refractivity contribution in [1.82, 2.24) is 14.5 Å². The van der Waals surface area contributed by atoms with Gasteiger partial charge in [-0.25, -0.2) is 13.8 Å². The Morgan fingerprint density at radius 1 is 1.17 bits per heavy atom. The van der Waals surface area contributed by atoms with E-state index in [4.69, 9.17) is 9.92 Å². The van der Waals surface area contributed by atoms with E-state index >= 15 is 0 Å². The zero-order chi connectivity index (χ0) is 21.9. The van der Waals surface area contributed by atoms with Crippen LogP contribution in [0.2, 0.25) is 0 Å². The summed E-state index contributed by atoms with van der Waals surface area (Å²) in [5.41, 5.74) is 6.58. The van der Waals surface area contributed by atoms with Gasteiger partial charge in [-0.1, -0.05) is 19.9 Å². The first-order valence-electron chi connectivity index (χ1n) is 9.31. The molecule has 3 aromatic rings. The predicted octanol–water partition coefficient (Wildman–Crippen LogP) is 3.00. The molecule has 0 bridgehead atoms. The number of nitrogens with two attached hydrogens (primary N) is 1. The van der Waals surface area contributed by atoms with Crippen molar-refractivity contribution in [3.05, 3.63) is 71.4 Å². The molecule has 1 aromatic carbocycles. The van der Waals surface area contributed by atoms with Crippen molar-refractivity contribution in [1.29, 1.82) is 0 Å². The van der Waals surface area contributed by atoms with E-state index in [2.05, 4.69) is 9.97 Å². The van der Waals surface area contributed by atoms with Crippen molar-refractivity contribution >= 4 is 10.1 Å². The maximum absolute atomic E-state index is 13.5. The van der Waals surface area contributed by atoms with E-state index in [9.17, 15) is 17.2 Å². The number of aromatic nitrogens is 3. The Labute approximate surface area is 173 Å². The standard InChI is InChI=1S/C20H22F2N4O3S/c1-13(2)19-20(30(27,28)29-17-10-14(21)9-15(22)11-17)26(18(25-19)6-7-23)12-16-5-3-4-8-24-16/h3-5,8-11,13H,6-7,12,23H2,1-2H3. The van der Waals surface area contributed by atoms with Crippen molar-refractivity contribution in [2.45, 2.75) is 37.8 Å². The molecule has 7 nitrogen and oxygen atoms in total. The van der Waals surface area contributed by atoms with E-state index in [1.165, 1.54) is 4.57 Å². The smallest absolute Gasteiger partial charge is 0.357 e. The normalized spacial score (nSPS) is 11.8. The van der Waals surface area contributed by atoms with Crippen molar-refractivity contribution in [3.8, 4) is 5.75 Å². The zero-order valence-corrected chi connectivity index (χ0v) is 17.4. The zero-order valence-electron chi connectivity index (χ0n) is 16.5. The van der Waals surface area contributed by atoms with Gasteiger partial charge < -0.3 is 14.5 Å². The second kappa shape index (κ2) is 8.88. The average Bonchev–Trinajstić information content (AvgIpc) is 3.01. The number of rotatable bonds is 8. The molecule has 0 atom stereocenters. The lowest BCUT2D eigenvalue weighted by molar-refractivity contribution is 0.465. The molecule has 0 spiro atoms. The van der Waals surface area contributed by atoms with Crippen molar-refractivity contribution in [2.75, 3.05) is 6.54 Å². The number of hydrogen-bond acceptors (Lipinski definition) is 6. The van der Waals surface area contributed by atoms with Crippen LogP contribution in [0.15, 0.2) is 47.6 Å². The van der Waals surface area contributed by atoms with E-state index in [0.29, 0.717) is 24.0 Å². The molecule has 2 aromatic heterocycles. The summed E-state index contributed by atoms with van der Waals surface area (Å²) in [6.07, 6.45) is 1.93. The maximum atomic E-state index is 13.5. The minimum absolute atomic E-state index is 0.116. The molecule has 0 fully saturated rings. The summed E-state index contributed by atoms with van der Waals surface area (Å²) in [5, 5.41) is -0.184. The molecule has 0 amide bonds. The van der Waals surface area contributed by atoms with E-state index in [0.717, 1.165) is 12.1 Å². The monoisotopic (exact) mass is 436 g/mol. The minimum Gasteiger partial charge on any atom is -0.378 e. The van der Waals surface area contributed by atoms with Crippen LogP contribution in [-0.4, -0.2) is 29.5 Å². The van der Waals surface area contributed by atoms with E-state index in [1.54, 1.807) is 38.2 Å². The topological polar surface area (TPSA) is 100 Å². The molecule has 30 heavy (non-hydrogen) atoms. The molecule has 3 rings (SSSR count). The summed E-state index contributed by atoms with van der Waals surface area (Å²) < 4.78 is 60.0. The largest absolute Gasteiger partial charge is 0.378 e. The third-order valence-corrected chi connectivity index (χ3v) is 5.58. The summed E-state index contributed by atoms with van der Waals surface area (Å²) in [4.78, 5) is 8.73. The molecule has 0 radical (unpaired) electrons. The Morgan fingerprint density at radius 3 is 2.43 bits per heavy atom. The van der Waals surface area contributed by atoms with Crippen LogP contribution >= 0.6 is 0 Å². The highest BCUT2D eigenvalue weighted by Gasteiger charge is 2.31. The van der Waals surface area contributed by atoms with Gasteiger partial charge in [0.1, 0.15) is 23.2 Å². The van der Waals surface area contributed by atoms with Crippen LogP contribution in [0.5, 0.6) is 5.75 Å². The van der Waals surface area contributed by atoms with E-state index in [-0.39, 0.29) is 29.7 Å². The van der Waals surface area contributed by atoms with Crippen LogP contribution in [-0.2, 0) is 23.1 Å². The van der Waals surface area contributed by atoms with Gasteiger partial charge in [0.2, 0.25) is 0 Å². The Hall–Kier alpha value is -2.85. The first kappa shape index (κ1) is 21.8. The van der Waals surface area contributed by atoms with Crippen LogP contribution in [0.1, 0.15) is 37.0 Å². The highest BCUT2D eigenvalue weighted by atomic mass is 32.2. The van der Waals surface area contributed by atoms with Gasteiger partial charge in [0.25, 0.3) is 0 Å². The number of imidazole rings is 1. The summed E-state index contributed by atoms with van der Waals surface area (Å²) in [5.74, 6) is -2.16. The summed E-state index contributed by atoms with van der Waals surface area (Å²) in [6.45, 7) is 3.96. The SMILES string of the molecule is CC(C)c1nc(CCN)n(Cc2ccccn2)c1S(=O)(=O)Oc1cc(F)cc(F)c1. The van der Waals surface area contributed by atoms with Crippen LogP contribution < -0.4 is 9.92 Å². The lowest BCUT2D eigenvalue weighted by Crippen LogP contribution is -2.20. The summed E-state index contributed by atoms with van der Waals surface area (Å²) >= 11 is 0. The van der Waals surface area contributed by atoms with Gasteiger partial charge in [-0.15, -0.1) is 0 Å². The first-order chi connectivity index (χ1) is 14.2. The summed E-state index contributed by atoms with van der Waals surface area (Å²) in [7, 11) is -4.47. The van der Waals surface area contributed by atoms with E-state index in [1.807, 2.05) is 0 Å². The Bertz CT molecular complexity index is 1110. The molecule has 0 unspecified atom stereocenters. The third-order valence-electron chi connectivity index (χ3n) is 4.27. The molecule has 0 aliphatic carbocycles. The van der Waals surface area contributed by atoms with Gasteiger partial charge in [0, 0.05) is 30.8 Å². The van der Waals surface area contributed by atoms with Crippen LogP contribution in [0.25, 0.3) is 0 Å². The number of nitrogens with zero attached hydrogens (tertiary/aromatic N) is 3. The third kappa shape index (κ3) is 4.82. The lowest BCUT2D eigenvalue weighted by Gasteiger charge is -2.14. The Morgan fingerprint density at radius 2 is 1.87 bits per heavy atom. The van der Waals surface area contributed by atoms with Crippen LogP contribution in [0.4, 0.5) is 8.78 Å². The van der Waals surface area contributed by atoms with Crippen molar-refractivity contribution in [3.63, 3.8) is 0 Å². The second-order valence-electron chi connectivity index (χ2n) is 6.96. The number of pyridine rings is 1. The molecule has 0 aliphatic heterocycles. The Kier molecular flexibility index (Phi) is 6.47. The van der Waals surface area contributed by atoms with Crippen LogP contribution in [0.3, 0.4) is 0 Å². The van der Waals surface area contributed by atoms with Gasteiger partial charge in [-0.2, -0.15) is 8.42 Å². The fourth-order valence-electron chi connectivity index (χ4n) is 3.02. The predicted molar refractivity (Wildman–Crippen MR) is 107 cm³/mol. The fraction of sp³-hybridized carbons (Fsp3) is 0.300. The quantitative estimate of drug-likeness (QED) is 0.545. The van der Waals surface area contributed by atoms with Crippen molar-refractivity contribution in [2.24, 2.45) is 5.73 Å². The van der Waals surface area contributed by atoms with Gasteiger partial charge in [0.15, 0.2) is 5.03 Å². The lowest BCUT2D eigenvalue weighted by atomic mass is 10.1. The minimum atomic E-state index is -4.47. The van der Waals surface area contributed by atoms with E-state index < -0.39 is 27.5 Å². The Balaban J connectivity index is 2.14. The molecule has 2 N–H and O–H groups in total. The first-order valence-corrected chi connectivity index (χ1v) is 10.7. The second-order valence-corrected chi connectivity index (χ2v) is 8.42. The van der Waals surface area contributed by atoms with Gasteiger partial charge in [-0.05, 0) is 24.6 Å². The van der Waals surface area contributed by atoms with Crippen LogP contribution in [0, 0.1) is 11.6 Å². The molecule has 0 aliphatic rings. The highest BCUT2D eigenvalue weighted by molar-refractivity contribution is 7.87. The van der Waals surface area contributed by atoms with Gasteiger partial charge in [-0.3, -0.25) is 4.98 Å². The maximum Gasteiger partial charge on any atom is 0.357 e. The fourth-order valence-corrected chi connectivity index (χ4v) is 4.43. The van der Waals surface area contributed by atoms with Crippen molar-refractivity contribution < 1.29 is 21.4 Å². The average molecular weight is 436 g/mol. The number of benzene rings is 1. The molecule has 0 saturated carbocycles. The molecule has 10 heteroatoms. The molecular weight excluding hydrogens is 414 g/mol. The summed E-state index contributed by atoms with van der Waals surface area (Å²) in [6, 6.07) is 7.51. The molecule has 2 heterocycles. The van der Waals surface area contributed by atoms with Gasteiger partial charge in [0.05, 0.1) is 17.9 Å². The molecule has 0 saturated heterocycles. The highest BCUT2D eigenvalue weighted by Crippen LogP contribution is 2.29.